The quantitative estimate of drug-likeness (QED) is 0.145. The van der Waals surface area contributed by atoms with E-state index in [1.165, 1.54) is 66.1 Å². The maximum Gasteiger partial charge on any atom is 0.160 e. The molecule has 4 nitrogen and oxygen atoms in total. The number of benzene rings is 11. The standard InChI is InChI=1S/C70H46N4/c1-5-17-47(18-6-1)49-29-33-51(34-30-49)55-37-39-68-62(43-55)60-25-13-15-27-66(60)73(68)58-41-57(70-71-64(53-21-9-3-10-22-53)46-65(72-70)54-23-11-4-12-24-54)42-59(45-58)74-67-28-16-14-26-61(67)63-44-56(38-40-69(63)74)52-35-31-50(32-36-52)48-19-7-2-8-20-48/h1-46H. The molecule has 0 saturated carbocycles. The molecule has 14 aromatic rings. The SMILES string of the molecule is c1ccc(-c2ccc(-c3ccc4c(c3)c3ccccc3n4-c3cc(-c4nc(-c5ccccc5)cc(-c5ccccc5)n4)cc(-n4c5ccccc5c5cc(-c6ccc(-c7ccccc7)cc6)ccc54)c3)cc2)cc1. The van der Waals surface area contributed by atoms with Crippen LogP contribution in [0.4, 0.5) is 0 Å². The van der Waals surface area contributed by atoms with Crippen molar-refractivity contribution in [3.63, 3.8) is 0 Å². The number of aromatic nitrogens is 4. The Labute approximate surface area is 429 Å². The van der Waals surface area contributed by atoms with E-state index in [4.69, 9.17) is 9.97 Å². The van der Waals surface area contributed by atoms with E-state index in [-0.39, 0.29) is 0 Å². The Balaban J connectivity index is 0.979. The Bertz CT molecular complexity index is 4090. The third-order valence-electron chi connectivity index (χ3n) is 14.5. The summed E-state index contributed by atoms with van der Waals surface area (Å²) in [5, 5.41) is 4.75. The third kappa shape index (κ3) is 7.65. The summed E-state index contributed by atoms with van der Waals surface area (Å²) in [4.78, 5) is 10.8. The van der Waals surface area contributed by atoms with Crippen molar-refractivity contribution in [3.8, 4) is 89.8 Å². The van der Waals surface area contributed by atoms with Crippen LogP contribution in [0.5, 0.6) is 0 Å². The molecule has 0 radical (unpaired) electrons. The molecular weight excluding hydrogens is 897 g/mol. The molecule has 0 bridgehead atoms. The molecule has 14 rings (SSSR count). The minimum Gasteiger partial charge on any atom is -0.309 e. The number of hydrogen-bond donors (Lipinski definition) is 0. The van der Waals surface area contributed by atoms with E-state index in [2.05, 4.69) is 276 Å². The van der Waals surface area contributed by atoms with Crippen molar-refractivity contribution >= 4 is 43.6 Å². The van der Waals surface area contributed by atoms with Gasteiger partial charge in [0.05, 0.1) is 33.5 Å². The fourth-order valence-corrected chi connectivity index (χ4v) is 10.9. The highest BCUT2D eigenvalue weighted by atomic mass is 15.0. The van der Waals surface area contributed by atoms with Crippen LogP contribution in [0.25, 0.3) is 133 Å². The first-order valence-electron chi connectivity index (χ1n) is 25.2. The molecule has 0 aliphatic rings. The van der Waals surface area contributed by atoms with Crippen LogP contribution in [-0.2, 0) is 0 Å². The van der Waals surface area contributed by atoms with E-state index in [1.807, 2.05) is 12.1 Å². The van der Waals surface area contributed by atoms with Gasteiger partial charge in [-0.05, 0) is 105 Å². The molecule has 0 fully saturated rings. The molecular formula is C70H46N4. The normalized spacial score (nSPS) is 11.5. The molecule has 0 aliphatic heterocycles. The van der Waals surface area contributed by atoms with Crippen LogP contribution < -0.4 is 0 Å². The fourth-order valence-electron chi connectivity index (χ4n) is 10.9. The smallest absolute Gasteiger partial charge is 0.160 e. The molecule has 0 aliphatic carbocycles. The molecule has 11 aromatic carbocycles. The Kier molecular flexibility index (Phi) is 10.5. The summed E-state index contributed by atoms with van der Waals surface area (Å²) in [6.07, 6.45) is 0. The Morgan fingerprint density at radius 3 is 0.919 bits per heavy atom. The lowest BCUT2D eigenvalue weighted by atomic mass is 9.99. The monoisotopic (exact) mass is 942 g/mol. The van der Waals surface area contributed by atoms with E-state index in [1.54, 1.807) is 0 Å². The predicted octanol–water partition coefficient (Wildman–Crippen LogP) is 18.3. The highest BCUT2D eigenvalue weighted by Gasteiger charge is 2.20. The van der Waals surface area contributed by atoms with E-state index in [0.29, 0.717) is 5.82 Å². The van der Waals surface area contributed by atoms with Crippen molar-refractivity contribution in [1.82, 2.24) is 19.1 Å². The van der Waals surface area contributed by atoms with Crippen molar-refractivity contribution in [2.45, 2.75) is 0 Å². The summed E-state index contributed by atoms with van der Waals surface area (Å²) in [7, 11) is 0. The van der Waals surface area contributed by atoms with Crippen LogP contribution in [0.3, 0.4) is 0 Å². The number of para-hydroxylation sites is 2. The molecule has 3 aromatic heterocycles. The van der Waals surface area contributed by atoms with Gasteiger partial charge in [0.1, 0.15) is 0 Å². The first-order valence-corrected chi connectivity index (χ1v) is 25.2. The van der Waals surface area contributed by atoms with Gasteiger partial charge < -0.3 is 9.13 Å². The van der Waals surface area contributed by atoms with Crippen LogP contribution in [-0.4, -0.2) is 19.1 Å². The van der Waals surface area contributed by atoms with Crippen molar-refractivity contribution in [3.05, 3.63) is 279 Å². The zero-order chi connectivity index (χ0) is 49.0. The van der Waals surface area contributed by atoms with Gasteiger partial charge in [-0.1, -0.05) is 218 Å². The van der Waals surface area contributed by atoms with Gasteiger partial charge in [0.15, 0.2) is 5.82 Å². The van der Waals surface area contributed by atoms with Gasteiger partial charge in [0.2, 0.25) is 0 Å². The largest absolute Gasteiger partial charge is 0.309 e. The minimum absolute atomic E-state index is 0.650. The average molecular weight is 943 g/mol. The summed E-state index contributed by atoms with van der Waals surface area (Å²) in [5.74, 6) is 0.650. The Morgan fingerprint density at radius 2 is 0.514 bits per heavy atom. The molecule has 0 atom stereocenters. The minimum atomic E-state index is 0.650. The second-order valence-corrected chi connectivity index (χ2v) is 19.0. The van der Waals surface area contributed by atoms with Gasteiger partial charge in [-0.2, -0.15) is 0 Å². The predicted molar refractivity (Wildman–Crippen MR) is 309 cm³/mol. The summed E-state index contributed by atoms with van der Waals surface area (Å²) in [6, 6.07) is 100. The summed E-state index contributed by atoms with van der Waals surface area (Å²) >= 11 is 0. The summed E-state index contributed by atoms with van der Waals surface area (Å²) < 4.78 is 4.84. The molecule has 0 amide bonds. The zero-order valence-electron chi connectivity index (χ0n) is 40.3. The number of rotatable bonds is 9. The molecule has 346 valence electrons. The van der Waals surface area contributed by atoms with Crippen LogP contribution in [0, 0.1) is 0 Å². The molecule has 3 heterocycles. The lowest BCUT2D eigenvalue weighted by Gasteiger charge is -2.16. The highest BCUT2D eigenvalue weighted by Crippen LogP contribution is 2.41. The van der Waals surface area contributed by atoms with Crippen LogP contribution >= 0.6 is 0 Å². The van der Waals surface area contributed by atoms with E-state index in [9.17, 15) is 0 Å². The lowest BCUT2D eigenvalue weighted by molar-refractivity contribution is 1.12. The number of fused-ring (bicyclic) bond motifs is 6. The molecule has 74 heavy (non-hydrogen) atoms. The van der Waals surface area contributed by atoms with E-state index in [0.717, 1.165) is 61.5 Å². The average Bonchev–Trinajstić information content (AvgIpc) is 4.00. The molecule has 0 spiro atoms. The Morgan fingerprint density at radius 1 is 0.203 bits per heavy atom. The van der Waals surface area contributed by atoms with Gasteiger partial charge in [-0.25, -0.2) is 9.97 Å². The first-order chi connectivity index (χ1) is 36.7. The summed E-state index contributed by atoms with van der Waals surface area (Å²) in [6.45, 7) is 0. The topological polar surface area (TPSA) is 35.6 Å². The number of nitrogens with zero attached hydrogens (tertiary/aromatic N) is 4. The molecule has 4 heteroatoms. The van der Waals surface area contributed by atoms with Crippen molar-refractivity contribution in [2.24, 2.45) is 0 Å². The maximum atomic E-state index is 5.41. The van der Waals surface area contributed by atoms with Crippen LogP contribution in [0.15, 0.2) is 279 Å². The fraction of sp³-hybridized carbons (Fsp3) is 0. The van der Waals surface area contributed by atoms with Crippen molar-refractivity contribution in [2.75, 3.05) is 0 Å². The van der Waals surface area contributed by atoms with E-state index >= 15 is 0 Å². The van der Waals surface area contributed by atoms with Gasteiger partial charge in [0.25, 0.3) is 0 Å². The number of hydrogen-bond acceptors (Lipinski definition) is 2. The Hall–Kier alpha value is -9.90. The maximum absolute atomic E-state index is 5.41. The van der Waals surface area contributed by atoms with Gasteiger partial charge in [0, 0.05) is 49.6 Å². The molecule has 0 unspecified atom stereocenters. The summed E-state index contributed by atoms with van der Waals surface area (Å²) in [5.41, 5.74) is 20.7. The second-order valence-electron chi connectivity index (χ2n) is 19.0. The van der Waals surface area contributed by atoms with Crippen LogP contribution in [0.2, 0.25) is 0 Å². The third-order valence-corrected chi connectivity index (χ3v) is 14.5. The van der Waals surface area contributed by atoms with Gasteiger partial charge >= 0.3 is 0 Å². The van der Waals surface area contributed by atoms with Gasteiger partial charge in [-0.3, -0.25) is 0 Å². The van der Waals surface area contributed by atoms with Crippen LogP contribution in [0.1, 0.15) is 0 Å². The molecule has 0 N–H and O–H groups in total. The molecule has 0 saturated heterocycles. The lowest BCUT2D eigenvalue weighted by Crippen LogP contribution is -2.02. The zero-order valence-corrected chi connectivity index (χ0v) is 40.3. The highest BCUT2D eigenvalue weighted by molar-refractivity contribution is 6.12. The van der Waals surface area contributed by atoms with Crippen molar-refractivity contribution in [1.29, 1.82) is 0 Å². The first kappa shape index (κ1) is 42.9. The van der Waals surface area contributed by atoms with Gasteiger partial charge in [-0.15, -0.1) is 0 Å². The second kappa shape index (κ2) is 18.1. The van der Waals surface area contributed by atoms with E-state index < -0.39 is 0 Å². The van der Waals surface area contributed by atoms with Crippen molar-refractivity contribution < 1.29 is 0 Å².